The first-order chi connectivity index (χ1) is 5.65. The van der Waals surface area contributed by atoms with Gasteiger partial charge in [-0.2, -0.15) is 0 Å². The van der Waals surface area contributed by atoms with E-state index in [1.807, 2.05) is 13.8 Å². The van der Waals surface area contributed by atoms with Gasteiger partial charge in [-0.3, -0.25) is 0 Å². The molecule has 0 aliphatic rings. The lowest BCUT2D eigenvalue weighted by molar-refractivity contribution is 1.12. The Labute approximate surface area is 78.4 Å². The largest absolute Gasteiger partial charge is 0.246 e. The number of nitrogens with zero attached hydrogens (tertiary/aromatic N) is 4. The molecule has 0 aliphatic carbocycles. The van der Waals surface area contributed by atoms with Crippen molar-refractivity contribution in [2.75, 3.05) is 0 Å². The standard InChI is InChI=1S/C7H7BrN4/c1-4-3-6(11-12-9)5(2)7(8)10-4/h3H,1-2H3. The van der Waals surface area contributed by atoms with Crippen molar-refractivity contribution >= 4 is 21.6 Å². The second-order valence-electron chi connectivity index (χ2n) is 2.39. The minimum Gasteiger partial charge on any atom is -0.246 e. The molecule has 0 fully saturated rings. The molecule has 12 heavy (non-hydrogen) atoms. The van der Waals surface area contributed by atoms with Gasteiger partial charge in [0.2, 0.25) is 0 Å². The van der Waals surface area contributed by atoms with Crippen molar-refractivity contribution in [3.8, 4) is 0 Å². The second kappa shape index (κ2) is 3.56. The molecule has 1 aromatic rings. The molecule has 0 bridgehead atoms. The van der Waals surface area contributed by atoms with Crippen LogP contribution >= 0.6 is 15.9 Å². The summed E-state index contributed by atoms with van der Waals surface area (Å²) >= 11 is 3.27. The molecule has 0 saturated carbocycles. The highest BCUT2D eigenvalue weighted by Gasteiger charge is 2.02. The van der Waals surface area contributed by atoms with E-state index in [0.29, 0.717) is 5.69 Å². The van der Waals surface area contributed by atoms with Crippen LogP contribution in [0.3, 0.4) is 0 Å². The SMILES string of the molecule is Cc1cc(N=[N+]=[N-])c(C)c(Br)n1. The molecule has 5 heteroatoms. The molecule has 0 radical (unpaired) electrons. The van der Waals surface area contributed by atoms with Crippen LogP contribution < -0.4 is 0 Å². The van der Waals surface area contributed by atoms with Crippen LogP contribution in [0.1, 0.15) is 11.3 Å². The number of pyridine rings is 1. The Morgan fingerprint density at radius 2 is 2.25 bits per heavy atom. The van der Waals surface area contributed by atoms with E-state index in [9.17, 15) is 0 Å². The zero-order chi connectivity index (χ0) is 9.14. The quantitative estimate of drug-likeness (QED) is 0.314. The Balaban J connectivity index is 3.36. The van der Waals surface area contributed by atoms with Crippen molar-refractivity contribution in [1.82, 2.24) is 4.98 Å². The van der Waals surface area contributed by atoms with Gasteiger partial charge in [-0.1, -0.05) is 5.11 Å². The van der Waals surface area contributed by atoms with Gasteiger partial charge in [-0.15, -0.1) is 0 Å². The van der Waals surface area contributed by atoms with Gasteiger partial charge in [-0.25, -0.2) is 4.98 Å². The average Bonchev–Trinajstić information content (AvgIpc) is 2.00. The number of aryl methyl sites for hydroxylation is 1. The Kier molecular flexibility index (Phi) is 2.68. The lowest BCUT2D eigenvalue weighted by Crippen LogP contribution is -1.85. The van der Waals surface area contributed by atoms with E-state index >= 15 is 0 Å². The third-order valence-corrected chi connectivity index (χ3v) is 2.24. The van der Waals surface area contributed by atoms with Crippen LogP contribution in [-0.4, -0.2) is 4.98 Å². The summed E-state index contributed by atoms with van der Waals surface area (Å²) in [6.07, 6.45) is 0. The van der Waals surface area contributed by atoms with Gasteiger partial charge in [0.05, 0.1) is 0 Å². The lowest BCUT2D eigenvalue weighted by atomic mass is 10.2. The highest BCUT2D eigenvalue weighted by molar-refractivity contribution is 9.10. The maximum atomic E-state index is 8.25. The van der Waals surface area contributed by atoms with E-state index in [0.717, 1.165) is 15.9 Å². The summed E-state index contributed by atoms with van der Waals surface area (Å²) in [7, 11) is 0. The third kappa shape index (κ3) is 1.75. The minimum atomic E-state index is 0.622. The number of hydrogen-bond donors (Lipinski definition) is 0. The predicted octanol–water partition coefficient (Wildman–Crippen LogP) is 3.40. The molecule has 0 amide bonds. The maximum Gasteiger partial charge on any atom is 0.109 e. The molecule has 0 saturated heterocycles. The second-order valence-corrected chi connectivity index (χ2v) is 3.14. The molecule has 0 atom stereocenters. The normalized spacial score (nSPS) is 9.25. The summed E-state index contributed by atoms with van der Waals surface area (Å²) in [5.74, 6) is 0. The zero-order valence-electron chi connectivity index (χ0n) is 6.74. The van der Waals surface area contributed by atoms with E-state index in [1.54, 1.807) is 6.07 Å². The average molecular weight is 227 g/mol. The molecule has 0 unspecified atom stereocenters. The number of rotatable bonds is 1. The van der Waals surface area contributed by atoms with Gasteiger partial charge in [0.1, 0.15) is 4.60 Å². The molecule has 0 spiro atoms. The van der Waals surface area contributed by atoms with Gasteiger partial charge in [-0.05, 0) is 46.9 Å². The topological polar surface area (TPSA) is 61.7 Å². The summed E-state index contributed by atoms with van der Waals surface area (Å²) in [5, 5.41) is 3.54. The Hall–Kier alpha value is -1.06. The van der Waals surface area contributed by atoms with Crippen LogP contribution in [0.15, 0.2) is 15.8 Å². The van der Waals surface area contributed by atoms with Crippen LogP contribution in [0.5, 0.6) is 0 Å². The summed E-state index contributed by atoms with van der Waals surface area (Å²) in [4.78, 5) is 6.87. The van der Waals surface area contributed by atoms with Gasteiger partial charge in [0, 0.05) is 16.3 Å². The fraction of sp³-hybridized carbons (Fsp3) is 0.286. The van der Waals surface area contributed by atoms with Crippen molar-refractivity contribution in [1.29, 1.82) is 0 Å². The first kappa shape index (κ1) is 9.03. The fourth-order valence-corrected chi connectivity index (χ4v) is 1.32. The first-order valence-corrected chi connectivity index (χ1v) is 4.13. The molecular formula is C7H7BrN4. The molecule has 0 aromatic carbocycles. The maximum absolute atomic E-state index is 8.25. The molecule has 1 aromatic heterocycles. The fourth-order valence-electron chi connectivity index (χ4n) is 0.835. The van der Waals surface area contributed by atoms with Crippen LogP contribution in [-0.2, 0) is 0 Å². The summed E-state index contributed by atoms with van der Waals surface area (Å²) in [5.41, 5.74) is 10.6. The summed E-state index contributed by atoms with van der Waals surface area (Å²) < 4.78 is 0.727. The van der Waals surface area contributed by atoms with Crippen LogP contribution in [0.25, 0.3) is 10.4 Å². The van der Waals surface area contributed by atoms with Crippen molar-refractivity contribution in [3.05, 3.63) is 32.4 Å². The molecule has 0 N–H and O–H groups in total. The van der Waals surface area contributed by atoms with Gasteiger partial charge in [0.25, 0.3) is 0 Å². The smallest absolute Gasteiger partial charge is 0.109 e. The number of azide groups is 1. The Bertz CT molecular complexity index is 355. The molecule has 62 valence electrons. The predicted molar refractivity (Wildman–Crippen MR) is 50.2 cm³/mol. The summed E-state index contributed by atoms with van der Waals surface area (Å²) in [6, 6.07) is 1.75. The van der Waals surface area contributed by atoms with Crippen molar-refractivity contribution in [3.63, 3.8) is 0 Å². The minimum absolute atomic E-state index is 0.622. The Morgan fingerprint density at radius 1 is 1.58 bits per heavy atom. The molecule has 0 aliphatic heterocycles. The van der Waals surface area contributed by atoms with Crippen molar-refractivity contribution < 1.29 is 0 Å². The highest BCUT2D eigenvalue weighted by Crippen LogP contribution is 2.25. The molecule has 1 heterocycles. The van der Waals surface area contributed by atoms with Crippen LogP contribution in [0, 0.1) is 13.8 Å². The molecular weight excluding hydrogens is 220 g/mol. The van der Waals surface area contributed by atoms with E-state index < -0.39 is 0 Å². The van der Waals surface area contributed by atoms with Crippen molar-refractivity contribution in [2.24, 2.45) is 5.11 Å². The van der Waals surface area contributed by atoms with Crippen LogP contribution in [0.2, 0.25) is 0 Å². The van der Waals surface area contributed by atoms with E-state index in [2.05, 4.69) is 30.9 Å². The van der Waals surface area contributed by atoms with Crippen molar-refractivity contribution in [2.45, 2.75) is 13.8 Å². The van der Waals surface area contributed by atoms with Gasteiger partial charge < -0.3 is 0 Å². The van der Waals surface area contributed by atoms with Gasteiger partial charge >= 0.3 is 0 Å². The van der Waals surface area contributed by atoms with Gasteiger partial charge in [0.15, 0.2) is 0 Å². The molecule has 4 nitrogen and oxygen atoms in total. The van der Waals surface area contributed by atoms with E-state index in [-0.39, 0.29) is 0 Å². The first-order valence-electron chi connectivity index (χ1n) is 3.34. The monoisotopic (exact) mass is 226 g/mol. The zero-order valence-corrected chi connectivity index (χ0v) is 8.33. The third-order valence-electron chi connectivity index (χ3n) is 1.47. The lowest BCUT2D eigenvalue weighted by Gasteiger charge is -2.02. The van der Waals surface area contributed by atoms with Crippen LogP contribution in [0.4, 0.5) is 5.69 Å². The van der Waals surface area contributed by atoms with E-state index in [1.165, 1.54) is 0 Å². The summed E-state index contributed by atoms with van der Waals surface area (Å²) in [6.45, 7) is 3.70. The number of aromatic nitrogens is 1. The Morgan fingerprint density at radius 3 is 2.83 bits per heavy atom. The molecule has 1 rings (SSSR count). The van der Waals surface area contributed by atoms with E-state index in [4.69, 9.17) is 5.53 Å². The number of hydrogen-bond acceptors (Lipinski definition) is 2. The highest BCUT2D eigenvalue weighted by atomic mass is 79.9. The number of halogens is 1.